The third-order valence-corrected chi connectivity index (χ3v) is 4.35. The van der Waals surface area contributed by atoms with Gasteiger partial charge in [-0.15, -0.1) is 0 Å². The third-order valence-electron chi connectivity index (χ3n) is 2.68. The van der Waals surface area contributed by atoms with E-state index < -0.39 is 39.3 Å². The number of carboxylic acids is 1. The Bertz CT molecular complexity index is 497. The van der Waals surface area contributed by atoms with Crippen molar-refractivity contribution in [3.8, 4) is 0 Å². The van der Waals surface area contributed by atoms with Crippen LogP contribution in [0.1, 0.15) is 26.2 Å². The normalized spacial score (nSPS) is 16.2. The first kappa shape index (κ1) is 16.4. The maximum Gasteiger partial charge on any atom is 0.327 e. The van der Waals surface area contributed by atoms with E-state index in [2.05, 4.69) is 5.32 Å². The van der Waals surface area contributed by atoms with E-state index in [4.69, 9.17) is 5.11 Å². The van der Waals surface area contributed by atoms with Crippen LogP contribution in [-0.4, -0.2) is 54.9 Å². The fourth-order valence-electron chi connectivity index (χ4n) is 1.53. The van der Waals surface area contributed by atoms with Crippen molar-refractivity contribution in [3.05, 3.63) is 0 Å². The number of rotatable bonds is 8. The molecule has 0 bridgehead atoms. The van der Waals surface area contributed by atoms with E-state index in [0.717, 1.165) is 19.8 Å². The summed E-state index contributed by atoms with van der Waals surface area (Å²) in [6.07, 6.45) is 1.61. The molecule has 0 spiro atoms. The maximum atomic E-state index is 11.7. The fraction of sp³-hybridized carbons (Fsp3) is 0.727. The van der Waals surface area contributed by atoms with Gasteiger partial charge >= 0.3 is 5.97 Å². The van der Waals surface area contributed by atoms with Crippen LogP contribution in [0.5, 0.6) is 0 Å². The number of carbonyl (C=O) groups excluding carboxylic acids is 2. The van der Waals surface area contributed by atoms with Crippen molar-refractivity contribution in [1.82, 2.24) is 10.6 Å². The summed E-state index contributed by atoms with van der Waals surface area (Å²) in [4.78, 5) is 33.0. The highest BCUT2D eigenvalue weighted by molar-refractivity contribution is 7.91. The summed E-state index contributed by atoms with van der Waals surface area (Å²) in [5.74, 6) is -3.57. The van der Waals surface area contributed by atoms with Gasteiger partial charge in [0, 0.05) is 19.4 Å². The molecule has 9 heteroatoms. The quantitative estimate of drug-likeness (QED) is 0.509. The number of amides is 2. The van der Waals surface area contributed by atoms with Gasteiger partial charge in [0.15, 0.2) is 9.84 Å². The highest BCUT2D eigenvalue weighted by Crippen LogP contribution is 2.18. The number of nitrogens with one attached hydrogen (secondary N) is 2. The van der Waals surface area contributed by atoms with E-state index in [1.807, 2.05) is 5.32 Å². The largest absolute Gasteiger partial charge is 0.480 e. The molecule has 1 aliphatic carbocycles. The molecule has 1 rings (SSSR count). The van der Waals surface area contributed by atoms with E-state index in [1.165, 1.54) is 0 Å². The topological polar surface area (TPSA) is 130 Å². The number of carbonyl (C=O) groups is 3. The van der Waals surface area contributed by atoms with E-state index in [-0.39, 0.29) is 18.4 Å². The molecule has 0 saturated heterocycles. The van der Waals surface area contributed by atoms with Crippen LogP contribution in [0.2, 0.25) is 0 Å². The van der Waals surface area contributed by atoms with Gasteiger partial charge in [-0.3, -0.25) is 9.59 Å². The van der Waals surface area contributed by atoms with E-state index in [9.17, 15) is 22.8 Å². The Hall–Kier alpha value is -1.64. The Morgan fingerprint density at radius 2 is 1.90 bits per heavy atom. The summed E-state index contributed by atoms with van der Waals surface area (Å²) in [5.41, 5.74) is 0. The van der Waals surface area contributed by atoms with Crippen molar-refractivity contribution in [3.63, 3.8) is 0 Å². The molecule has 1 atom stereocenters. The lowest BCUT2D eigenvalue weighted by atomic mass is 10.3. The number of hydrogen-bond acceptors (Lipinski definition) is 5. The molecule has 0 aromatic heterocycles. The average Bonchev–Trinajstić information content (AvgIpc) is 3.08. The fourth-order valence-corrected chi connectivity index (χ4v) is 2.93. The Kier molecular flexibility index (Phi) is 5.49. The average molecular weight is 306 g/mol. The molecule has 1 saturated carbocycles. The summed E-state index contributed by atoms with van der Waals surface area (Å²) >= 11 is 0. The van der Waals surface area contributed by atoms with Crippen molar-refractivity contribution < 1.29 is 27.9 Å². The lowest BCUT2D eigenvalue weighted by Crippen LogP contribution is -2.45. The molecule has 0 heterocycles. The van der Waals surface area contributed by atoms with Gasteiger partial charge in [-0.25, -0.2) is 13.2 Å². The Labute approximate surface area is 116 Å². The summed E-state index contributed by atoms with van der Waals surface area (Å²) in [5, 5.41) is 13.5. The molecule has 1 aliphatic rings. The number of sulfone groups is 1. The number of hydrogen-bond donors (Lipinski definition) is 3. The molecular formula is C11H18N2O6S. The smallest absolute Gasteiger partial charge is 0.327 e. The van der Waals surface area contributed by atoms with Gasteiger partial charge in [0.25, 0.3) is 0 Å². The van der Waals surface area contributed by atoms with Crippen molar-refractivity contribution >= 4 is 27.6 Å². The highest BCUT2D eigenvalue weighted by atomic mass is 32.2. The van der Waals surface area contributed by atoms with E-state index >= 15 is 0 Å². The first-order valence-corrected chi connectivity index (χ1v) is 8.01. The van der Waals surface area contributed by atoms with E-state index in [1.54, 1.807) is 0 Å². The zero-order valence-electron chi connectivity index (χ0n) is 11.1. The van der Waals surface area contributed by atoms with Crippen LogP contribution in [0.25, 0.3) is 0 Å². The minimum Gasteiger partial charge on any atom is -0.480 e. The van der Waals surface area contributed by atoms with Crippen LogP contribution < -0.4 is 10.6 Å². The highest BCUT2D eigenvalue weighted by Gasteiger charge is 2.27. The number of aliphatic carboxylic acids is 1. The molecule has 0 radical (unpaired) electrons. The first-order chi connectivity index (χ1) is 9.19. The van der Waals surface area contributed by atoms with Crippen molar-refractivity contribution in [2.24, 2.45) is 0 Å². The molecule has 20 heavy (non-hydrogen) atoms. The van der Waals surface area contributed by atoms with Gasteiger partial charge in [0.1, 0.15) is 6.04 Å². The zero-order chi connectivity index (χ0) is 15.3. The molecule has 8 nitrogen and oxygen atoms in total. The van der Waals surface area contributed by atoms with Gasteiger partial charge < -0.3 is 15.7 Å². The zero-order valence-corrected chi connectivity index (χ0v) is 11.9. The Morgan fingerprint density at radius 1 is 1.30 bits per heavy atom. The Balaban J connectivity index is 2.46. The van der Waals surface area contributed by atoms with Crippen LogP contribution in [-0.2, 0) is 24.2 Å². The van der Waals surface area contributed by atoms with Crippen molar-refractivity contribution in [2.75, 3.05) is 11.5 Å². The summed E-state index contributed by atoms with van der Waals surface area (Å²) in [6, 6.07) is -1.35. The van der Waals surface area contributed by atoms with Crippen LogP contribution in [0.4, 0.5) is 0 Å². The summed E-state index contributed by atoms with van der Waals surface area (Å²) in [6.45, 7) is 1.10. The summed E-state index contributed by atoms with van der Waals surface area (Å²) < 4.78 is 23.5. The third kappa shape index (κ3) is 6.50. The minimum absolute atomic E-state index is 0.149. The SMILES string of the molecule is CC(=O)N[C@@H](CS(=O)(=O)CCC(=O)NC1CC1)C(=O)O. The van der Waals surface area contributed by atoms with E-state index in [0.29, 0.717) is 0 Å². The molecule has 0 aliphatic heterocycles. The van der Waals surface area contributed by atoms with Gasteiger partial charge in [-0.1, -0.05) is 0 Å². The molecule has 3 N–H and O–H groups in total. The second-order valence-electron chi connectivity index (χ2n) is 4.80. The molecule has 0 unspecified atom stereocenters. The lowest BCUT2D eigenvalue weighted by molar-refractivity contribution is -0.140. The second kappa shape index (κ2) is 6.69. The molecule has 0 aromatic carbocycles. The van der Waals surface area contributed by atoms with Crippen LogP contribution >= 0.6 is 0 Å². The molecule has 1 fully saturated rings. The molecule has 0 aromatic rings. The van der Waals surface area contributed by atoms with Gasteiger partial charge in [-0.05, 0) is 12.8 Å². The van der Waals surface area contributed by atoms with Crippen LogP contribution in [0, 0.1) is 0 Å². The first-order valence-electron chi connectivity index (χ1n) is 6.19. The van der Waals surface area contributed by atoms with Gasteiger partial charge in [0.05, 0.1) is 11.5 Å². The summed E-state index contributed by atoms with van der Waals surface area (Å²) in [7, 11) is -3.74. The molecule has 114 valence electrons. The Morgan fingerprint density at radius 3 is 2.35 bits per heavy atom. The van der Waals surface area contributed by atoms with Crippen molar-refractivity contribution in [2.45, 2.75) is 38.3 Å². The lowest BCUT2D eigenvalue weighted by Gasteiger charge is -2.13. The predicted octanol–water partition coefficient (Wildman–Crippen LogP) is -1.34. The van der Waals surface area contributed by atoms with Crippen LogP contribution in [0.15, 0.2) is 0 Å². The maximum absolute atomic E-state index is 11.7. The predicted molar refractivity (Wildman–Crippen MR) is 69.7 cm³/mol. The number of carboxylic acid groups (broad SMARTS) is 1. The minimum atomic E-state index is -3.74. The molecular weight excluding hydrogens is 288 g/mol. The monoisotopic (exact) mass is 306 g/mol. The van der Waals surface area contributed by atoms with Gasteiger partial charge in [-0.2, -0.15) is 0 Å². The standard InChI is InChI=1S/C11H18N2O6S/c1-7(14)12-9(11(16)17)6-20(18,19)5-4-10(15)13-8-2-3-8/h8-9H,2-6H2,1H3,(H,12,14)(H,13,15)(H,16,17)/t9-/m0/s1. The molecule has 2 amide bonds. The van der Waals surface area contributed by atoms with Crippen molar-refractivity contribution in [1.29, 1.82) is 0 Å². The van der Waals surface area contributed by atoms with Crippen LogP contribution in [0.3, 0.4) is 0 Å². The van der Waals surface area contributed by atoms with Gasteiger partial charge in [0.2, 0.25) is 11.8 Å². The second-order valence-corrected chi connectivity index (χ2v) is 7.03.